The normalized spacial score (nSPS) is 14.9. The summed E-state index contributed by atoms with van der Waals surface area (Å²) in [4.78, 5) is 28.7. The van der Waals surface area contributed by atoms with Gasteiger partial charge >= 0.3 is 11.8 Å². The Morgan fingerprint density at radius 1 is 1.25 bits per heavy atom. The fourth-order valence-corrected chi connectivity index (χ4v) is 1.67. The van der Waals surface area contributed by atoms with Gasteiger partial charge in [-0.15, -0.1) is 0 Å². The first-order valence-corrected chi connectivity index (χ1v) is 5.28. The zero-order chi connectivity index (χ0) is 11.4. The minimum Gasteiger partial charge on any atom is -0.334 e. The van der Waals surface area contributed by atoms with Crippen molar-refractivity contribution in [3.8, 4) is 0 Å². The molecule has 0 radical (unpaired) electrons. The second-order valence-electron chi connectivity index (χ2n) is 3.67. The molecule has 5 heteroatoms. The summed E-state index contributed by atoms with van der Waals surface area (Å²) in [6.07, 6.45) is 3.52. The third kappa shape index (κ3) is 2.36. The molecule has 0 bridgehead atoms. The van der Waals surface area contributed by atoms with E-state index in [2.05, 4.69) is 10.3 Å². The fraction of sp³-hybridized carbons (Fsp3) is 0.364. The topological polar surface area (TPSA) is 62.3 Å². The molecule has 1 aromatic rings. The van der Waals surface area contributed by atoms with Crippen molar-refractivity contribution < 1.29 is 9.59 Å². The van der Waals surface area contributed by atoms with Crippen LogP contribution in [0.15, 0.2) is 24.4 Å². The third-order valence-corrected chi connectivity index (χ3v) is 2.49. The lowest BCUT2D eigenvalue weighted by atomic mass is 10.4. The number of rotatable bonds is 1. The molecule has 0 saturated carbocycles. The maximum atomic E-state index is 11.6. The predicted molar refractivity (Wildman–Crippen MR) is 58.7 cm³/mol. The number of carbonyl (C=O) groups is 2. The van der Waals surface area contributed by atoms with E-state index in [-0.39, 0.29) is 0 Å². The minimum atomic E-state index is -0.611. The van der Waals surface area contributed by atoms with Gasteiger partial charge in [-0.3, -0.25) is 9.59 Å². The monoisotopic (exact) mass is 219 g/mol. The number of nitrogens with one attached hydrogen (secondary N) is 1. The van der Waals surface area contributed by atoms with Gasteiger partial charge in [0.25, 0.3) is 0 Å². The quantitative estimate of drug-likeness (QED) is 0.705. The van der Waals surface area contributed by atoms with E-state index in [4.69, 9.17) is 0 Å². The Bertz CT molecular complexity index is 385. The molecule has 0 spiro atoms. The second kappa shape index (κ2) is 4.74. The lowest BCUT2D eigenvalue weighted by Crippen LogP contribution is -2.37. The van der Waals surface area contributed by atoms with Crippen molar-refractivity contribution in [3.63, 3.8) is 0 Å². The molecular formula is C11H13N3O2. The van der Waals surface area contributed by atoms with Crippen LogP contribution in [0.2, 0.25) is 0 Å². The largest absolute Gasteiger partial charge is 0.334 e. The SMILES string of the molecule is O=C(Nc1ccccn1)C(=O)N1CCCC1. The summed E-state index contributed by atoms with van der Waals surface area (Å²) < 4.78 is 0. The van der Waals surface area contributed by atoms with Gasteiger partial charge in [0.05, 0.1) is 0 Å². The van der Waals surface area contributed by atoms with Crippen LogP contribution >= 0.6 is 0 Å². The summed E-state index contributed by atoms with van der Waals surface area (Å²) >= 11 is 0. The van der Waals surface area contributed by atoms with Crippen molar-refractivity contribution in [3.05, 3.63) is 24.4 Å². The van der Waals surface area contributed by atoms with E-state index in [1.165, 1.54) is 0 Å². The van der Waals surface area contributed by atoms with Crippen LogP contribution in [0.4, 0.5) is 5.82 Å². The van der Waals surface area contributed by atoms with Gasteiger partial charge in [0.1, 0.15) is 5.82 Å². The molecular weight excluding hydrogens is 206 g/mol. The lowest BCUT2D eigenvalue weighted by molar-refractivity contribution is -0.142. The maximum Gasteiger partial charge on any atom is 0.315 e. The summed E-state index contributed by atoms with van der Waals surface area (Å²) in [6.45, 7) is 1.35. The number of aromatic nitrogens is 1. The van der Waals surface area contributed by atoms with Crippen molar-refractivity contribution in [2.75, 3.05) is 18.4 Å². The average Bonchev–Trinajstić information content (AvgIpc) is 2.83. The summed E-state index contributed by atoms with van der Waals surface area (Å²) in [7, 11) is 0. The number of carbonyl (C=O) groups excluding carboxylic acids is 2. The number of amides is 2. The highest BCUT2D eigenvalue weighted by Crippen LogP contribution is 2.08. The zero-order valence-electron chi connectivity index (χ0n) is 8.85. The predicted octanol–water partition coefficient (Wildman–Crippen LogP) is 0.642. The lowest BCUT2D eigenvalue weighted by Gasteiger charge is -2.13. The van der Waals surface area contributed by atoms with Gasteiger partial charge in [-0.1, -0.05) is 6.07 Å². The van der Waals surface area contributed by atoms with Crippen molar-refractivity contribution >= 4 is 17.6 Å². The Hall–Kier alpha value is -1.91. The molecule has 2 heterocycles. The highest BCUT2D eigenvalue weighted by molar-refractivity contribution is 6.39. The van der Waals surface area contributed by atoms with Crippen LogP contribution in [0.3, 0.4) is 0 Å². The summed E-state index contributed by atoms with van der Waals surface area (Å²) in [5, 5.41) is 2.48. The molecule has 1 aliphatic heterocycles. The number of nitrogens with zero attached hydrogens (tertiary/aromatic N) is 2. The van der Waals surface area contributed by atoms with Crippen molar-refractivity contribution in [2.24, 2.45) is 0 Å². The van der Waals surface area contributed by atoms with E-state index in [1.807, 2.05) is 0 Å². The van der Waals surface area contributed by atoms with Gasteiger partial charge in [-0.25, -0.2) is 4.98 Å². The van der Waals surface area contributed by atoms with Crippen LogP contribution in [0.5, 0.6) is 0 Å². The van der Waals surface area contributed by atoms with Crippen LogP contribution in [0.1, 0.15) is 12.8 Å². The smallest absolute Gasteiger partial charge is 0.315 e. The van der Waals surface area contributed by atoms with Crippen LogP contribution < -0.4 is 5.32 Å². The molecule has 1 aromatic heterocycles. The number of hydrogen-bond acceptors (Lipinski definition) is 3. The molecule has 2 amide bonds. The molecule has 0 atom stereocenters. The van der Waals surface area contributed by atoms with E-state index >= 15 is 0 Å². The summed E-state index contributed by atoms with van der Waals surface area (Å²) in [5.74, 6) is -0.677. The van der Waals surface area contributed by atoms with E-state index < -0.39 is 11.8 Å². The first-order chi connectivity index (χ1) is 7.77. The molecule has 0 unspecified atom stereocenters. The molecule has 0 aromatic carbocycles. The minimum absolute atomic E-state index is 0.403. The Balaban J connectivity index is 1.95. The van der Waals surface area contributed by atoms with Gasteiger partial charge in [-0.05, 0) is 25.0 Å². The van der Waals surface area contributed by atoms with Crippen molar-refractivity contribution in [2.45, 2.75) is 12.8 Å². The number of anilines is 1. The molecule has 0 aliphatic carbocycles. The maximum absolute atomic E-state index is 11.6. The molecule has 1 aliphatic rings. The Morgan fingerprint density at radius 3 is 2.62 bits per heavy atom. The average molecular weight is 219 g/mol. The van der Waals surface area contributed by atoms with Gasteiger partial charge < -0.3 is 10.2 Å². The van der Waals surface area contributed by atoms with Crippen molar-refractivity contribution in [1.82, 2.24) is 9.88 Å². The van der Waals surface area contributed by atoms with Gasteiger partial charge in [-0.2, -0.15) is 0 Å². The summed E-state index contributed by atoms with van der Waals surface area (Å²) in [6, 6.07) is 5.15. The Morgan fingerprint density at radius 2 is 2.00 bits per heavy atom. The molecule has 16 heavy (non-hydrogen) atoms. The van der Waals surface area contributed by atoms with Crippen LogP contribution in [0.25, 0.3) is 0 Å². The van der Waals surface area contributed by atoms with E-state index in [9.17, 15) is 9.59 Å². The van der Waals surface area contributed by atoms with Gasteiger partial charge in [0.2, 0.25) is 0 Å². The molecule has 1 N–H and O–H groups in total. The second-order valence-corrected chi connectivity index (χ2v) is 3.67. The van der Waals surface area contributed by atoms with Crippen molar-refractivity contribution in [1.29, 1.82) is 0 Å². The van der Waals surface area contributed by atoms with E-state index in [0.717, 1.165) is 12.8 Å². The number of pyridine rings is 1. The first kappa shape index (κ1) is 10.6. The number of hydrogen-bond donors (Lipinski definition) is 1. The summed E-state index contributed by atoms with van der Waals surface area (Å²) in [5.41, 5.74) is 0. The van der Waals surface area contributed by atoms with Crippen LogP contribution in [-0.2, 0) is 9.59 Å². The van der Waals surface area contributed by atoms with E-state index in [0.29, 0.717) is 18.9 Å². The van der Waals surface area contributed by atoms with E-state index in [1.54, 1.807) is 29.3 Å². The highest BCUT2D eigenvalue weighted by atomic mass is 16.2. The Labute approximate surface area is 93.5 Å². The highest BCUT2D eigenvalue weighted by Gasteiger charge is 2.24. The zero-order valence-corrected chi connectivity index (χ0v) is 8.85. The third-order valence-electron chi connectivity index (χ3n) is 2.49. The molecule has 1 saturated heterocycles. The van der Waals surface area contributed by atoms with Crippen LogP contribution in [-0.4, -0.2) is 34.8 Å². The molecule has 1 fully saturated rings. The van der Waals surface area contributed by atoms with Crippen LogP contribution in [0, 0.1) is 0 Å². The first-order valence-electron chi connectivity index (χ1n) is 5.28. The fourth-order valence-electron chi connectivity index (χ4n) is 1.67. The molecule has 2 rings (SSSR count). The molecule has 84 valence electrons. The standard InChI is InChI=1S/C11H13N3O2/c15-10(11(16)14-7-3-4-8-14)13-9-5-1-2-6-12-9/h1-2,5-6H,3-4,7-8H2,(H,12,13,15). The van der Waals surface area contributed by atoms with Gasteiger partial charge in [0.15, 0.2) is 0 Å². The Kier molecular flexibility index (Phi) is 3.14. The molecule has 5 nitrogen and oxygen atoms in total. The van der Waals surface area contributed by atoms with Gasteiger partial charge in [0, 0.05) is 19.3 Å². The number of likely N-dealkylation sites (tertiary alicyclic amines) is 1.